The normalized spacial score (nSPS) is 12.0. The van der Waals surface area contributed by atoms with Gasteiger partial charge in [-0.05, 0) is 30.3 Å². The van der Waals surface area contributed by atoms with Crippen molar-refractivity contribution in [3.8, 4) is 11.4 Å². The molecule has 0 atom stereocenters. The molecule has 0 aromatic carbocycles. The lowest BCUT2D eigenvalue weighted by atomic mass is 10.1. The topological polar surface area (TPSA) is 106 Å². The quantitative estimate of drug-likeness (QED) is 0.400. The zero-order valence-electron chi connectivity index (χ0n) is 17.5. The Bertz CT molecular complexity index is 1400. The Morgan fingerprint density at radius 1 is 0.857 bits per heavy atom. The number of carbonyl (C=O) groups is 1. The average Bonchev–Trinajstić information content (AvgIpc) is 2.82. The Hall–Kier alpha value is -4.36. The van der Waals surface area contributed by atoms with E-state index in [1.54, 1.807) is 0 Å². The van der Waals surface area contributed by atoms with Gasteiger partial charge < -0.3 is 10.6 Å². The number of hydrogen-bond acceptors (Lipinski definition) is 7. The maximum atomic E-state index is 13.6. The van der Waals surface area contributed by atoms with E-state index in [4.69, 9.17) is 0 Å². The molecular weight excluding hydrogens is 480 g/mol. The molecular formula is C21H13F6N7O. The molecule has 4 heterocycles. The third kappa shape index (κ3) is 4.95. The SMILES string of the molecule is CNC(=O)c1ccc(C(F)(F)F)c(-c2cnc3c(Nc4ccc(C(F)(F)F)cn4)ccnc3n2)n1. The predicted molar refractivity (Wildman–Crippen MR) is 111 cm³/mol. The van der Waals surface area contributed by atoms with E-state index in [2.05, 4.69) is 35.6 Å². The van der Waals surface area contributed by atoms with Crippen molar-refractivity contribution in [1.82, 2.24) is 30.2 Å². The van der Waals surface area contributed by atoms with Crippen LogP contribution in [-0.2, 0) is 12.4 Å². The number of hydrogen-bond donors (Lipinski definition) is 2. The molecule has 180 valence electrons. The highest BCUT2D eigenvalue weighted by molar-refractivity contribution is 5.93. The second kappa shape index (κ2) is 8.77. The van der Waals surface area contributed by atoms with Crippen LogP contribution in [0, 0.1) is 0 Å². The minimum Gasteiger partial charge on any atom is -0.354 e. The summed E-state index contributed by atoms with van der Waals surface area (Å²) in [4.78, 5) is 31.7. The molecule has 0 aliphatic heterocycles. The molecule has 2 N–H and O–H groups in total. The van der Waals surface area contributed by atoms with E-state index in [0.717, 1.165) is 30.5 Å². The molecule has 0 fully saturated rings. The van der Waals surface area contributed by atoms with Gasteiger partial charge in [-0.3, -0.25) is 4.79 Å². The molecule has 4 aromatic rings. The van der Waals surface area contributed by atoms with E-state index >= 15 is 0 Å². The van der Waals surface area contributed by atoms with Gasteiger partial charge in [0.2, 0.25) is 0 Å². The molecule has 0 saturated carbocycles. The Morgan fingerprint density at radius 2 is 1.63 bits per heavy atom. The number of fused-ring (bicyclic) bond motifs is 1. The van der Waals surface area contributed by atoms with Crippen molar-refractivity contribution in [3.05, 3.63) is 65.7 Å². The number of anilines is 2. The van der Waals surface area contributed by atoms with Crippen LogP contribution in [0.4, 0.5) is 37.8 Å². The summed E-state index contributed by atoms with van der Waals surface area (Å²) >= 11 is 0. The maximum absolute atomic E-state index is 13.6. The van der Waals surface area contributed by atoms with Crippen molar-refractivity contribution >= 4 is 28.6 Å². The molecule has 0 radical (unpaired) electrons. The third-order valence-electron chi connectivity index (χ3n) is 4.70. The summed E-state index contributed by atoms with van der Waals surface area (Å²) in [6, 6.07) is 5.06. The molecule has 4 rings (SSSR count). The van der Waals surface area contributed by atoms with Crippen LogP contribution in [0.15, 0.2) is 48.9 Å². The van der Waals surface area contributed by atoms with Gasteiger partial charge in [0.15, 0.2) is 5.65 Å². The smallest absolute Gasteiger partial charge is 0.354 e. The van der Waals surface area contributed by atoms with Crippen LogP contribution in [0.25, 0.3) is 22.6 Å². The van der Waals surface area contributed by atoms with Crippen molar-refractivity contribution in [3.63, 3.8) is 0 Å². The number of carbonyl (C=O) groups excluding carboxylic acids is 1. The second-order valence-corrected chi connectivity index (χ2v) is 7.01. The van der Waals surface area contributed by atoms with E-state index in [1.807, 2.05) is 0 Å². The van der Waals surface area contributed by atoms with E-state index in [9.17, 15) is 31.1 Å². The predicted octanol–water partition coefficient (Wildman–Crippen LogP) is 4.62. The van der Waals surface area contributed by atoms with Crippen LogP contribution in [-0.4, -0.2) is 37.9 Å². The fourth-order valence-corrected chi connectivity index (χ4v) is 3.05. The number of alkyl halides is 6. The standard InChI is InChI=1S/C21H13F6N7O/c1-28-19(35)13-4-3-11(21(25,26)27)16(33-13)14-9-31-17-12(6-7-29-18(17)34-14)32-15-5-2-10(8-30-15)20(22,23)24/h2-9H,1H3,(H,28,35)(H,29,30,32,34). The van der Waals surface area contributed by atoms with Crippen LogP contribution in [0.3, 0.4) is 0 Å². The van der Waals surface area contributed by atoms with E-state index < -0.39 is 35.1 Å². The summed E-state index contributed by atoms with van der Waals surface area (Å²) in [7, 11) is 1.31. The molecule has 35 heavy (non-hydrogen) atoms. The van der Waals surface area contributed by atoms with Crippen LogP contribution >= 0.6 is 0 Å². The summed E-state index contributed by atoms with van der Waals surface area (Å²) in [5, 5.41) is 5.07. The highest BCUT2D eigenvalue weighted by atomic mass is 19.4. The van der Waals surface area contributed by atoms with Gasteiger partial charge in [-0.15, -0.1) is 0 Å². The van der Waals surface area contributed by atoms with Gasteiger partial charge in [0, 0.05) is 19.4 Å². The summed E-state index contributed by atoms with van der Waals surface area (Å²) in [5.74, 6) is -0.627. The molecule has 0 spiro atoms. The van der Waals surface area contributed by atoms with E-state index in [-0.39, 0.29) is 34.1 Å². The van der Waals surface area contributed by atoms with E-state index in [0.29, 0.717) is 6.20 Å². The molecule has 0 aliphatic carbocycles. The molecule has 0 aliphatic rings. The summed E-state index contributed by atoms with van der Waals surface area (Å²) < 4.78 is 79.0. The number of nitrogens with zero attached hydrogens (tertiary/aromatic N) is 5. The summed E-state index contributed by atoms with van der Waals surface area (Å²) in [5.41, 5.74) is -2.90. The lowest BCUT2D eigenvalue weighted by Crippen LogP contribution is -2.20. The second-order valence-electron chi connectivity index (χ2n) is 7.01. The van der Waals surface area contributed by atoms with Crippen LogP contribution in [0.5, 0.6) is 0 Å². The fraction of sp³-hybridized carbons (Fsp3) is 0.143. The largest absolute Gasteiger partial charge is 0.418 e. The highest BCUT2D eigenvalue weighted by Crippen LogP contribution is 2.36. The van der Waals surface area contributed by atoms with Gasteiger partial charge in [0.25, 0.3) is 5.91 Å². The number of rotatable bonds is 4. The van der Waals surface area contributed by atoms with Gasteiger partial charge >= 0.3 is 12.4 Å². The highest BCUT2D eigenvalue weighted by Gasteiger charge is 2.36. The first-order valence-corrected chi connectivity index (χ1v) is 9.70. The van der Waals surface area contributed by atoms with Crippen LogP contribution in [0.2, 0.25) is 0 Å². The first kappa shape index (κ1) is 23.8. The van der Waals surface area contributed by atoms with Gasteiger partial charge in [-0.1, -0.05) is 0 Å². The number of halogens is 6. The van der Waals surface area contributed by atoms with Gasteiger partial charge in [0.05, 0.1) is 23.0 Å². The Kier molecular flexibility index (Phi) is 5.96. The zero-order chi connectivity index (χ0) is 25.4. The lowest BCUT2D eigenvalue weighted by molar-refractivity contribution is -0.138. The van der Waals surface area contributed by atoms with Crippen molar-refractivity contribution in [2.75, 3.05) is 12.4 Å². The van der Waals surface area contributed by atoms with Crippen molar-refractivity contribution in [1.29, 1.82) is 0 Å². The number of pyridine rings is 3. The molecule has 0 unspecified atom stereocenters. The summed E-state index contributed by atoms with van der Waals surface area (Å²) in [6.07, 6.45) is -6.37. The molecule has 4 aromatic heterocycles. The minimum atomic E-state index is -4.79. The van der Waals surface area contributed by atoms with Crippen LogP contribution < -0.4 is 10.6 Å². The van der Waals surface area contributed by atoms with Crippen molar-refractivity contribution in [2.24, 2.45) is 0 Å². The Morgan fingerprint density at radius 3 is 2.26 bits per heavy atom. The lowest BCUT2D eigenvalue weighted by Gasteiger charge is -2.13. The van der Waals surface area contributed by atoms with Gasteiger partial charge in [-0.2, -0.15) is 26.3 Å². The summed E-state index contributed by atoms with van der Waals surface area (Å²) in [6.45, 7) is 0. The minimum absolute atomic E-state index is 0.0654. The van der Waals surface area contributed by atoms with Gasteiger partial charge in [-0.25, -0.2) is 24.9 Å². The molecule has 1 amide bonds. The molecule has 8 nitrogen and oxygen atoms in total. The fourth-order valence-electron chi connectivity index (χ4n) is 3.05. The monoisotopic (exact) mass is 493 g/mol. The number of aromatic nitrogens is 5. The van der Waals surface area contributed by atoms with Crippen molar-refractivity contribution < 1.29 is 31.1 Å². The molecule has 0 bridgehead atoms. The third-order valence-corrected chi connectivity index (χ3v) is 4.70. The maximum Gasteiger partial charge on any atom is 0.418 e. The first-order valence-electron chi connectivity index (χ1n) is 9.70. The zero-order valence-corrected chi connectivity index (χ0v) is 17.5. The molecule has 14 heteroatoms. The Labute approximate surface area is 192 Å². The number of amides is 1. The molecule has 0 saturated heterocycles. The van der Waals surface area contributed by atoms with E-state index in [1.165, 1.54) is 19.3 Å². The van der Waals surface area contributed by atoms with Gasteiger partial charge in [0.1, 0.15) is 28.4 Å². The van der Waals surface area contributed by atoms with Crippen molar-refractivity contribution in [2.45, 2.75) is 12.4 Å². The number of nitrogens with one attached hydrogen (secondary N) is 2. The first-order chi connectivity index (χ1) is 16.5. The van der Waals surface area contributed by atoms with Crippen LogP contribution in [0.1, 0.15) is 21.6 Å². The average molecular weight is 493 g/mol. The Balaban J connectivity index is 1.75.